The number of carbonyl (C=O) groups is 1. The number of likely N-dealkylation sites (tertiary alicyclic amines) is 1. The molecule has 3 heteroatoms. The first-order valence-electron chi connectivity index (χ1n) is 7.24. The Morgan fingerprint density at radius 2 is 1.95 bits per heavy atom. The Morgan fingerprint density at radius 3 is 2.63 bits per heavy atom. The first-order chi connectivity index (χ1) is 9.15. The molecule has 1 aliphatic heterocycles. The van der Waals surface area contributed by atoms with Crippen molar-refractivity contribution in [2.24, 2.45) is 0 Å². The fraction of sp³-hybridized carbons (Fsp3) is 0.562. The third kappa shape index (κ3) is 4.35. The normalized spacial score (nSPS) is 16.3. The molecule has 104 valence electrons. The number of benzene rings is 1. The zero-order chi connectivity index (χ0) is 13.7. The average molecular weight is 260 g/mol. The van der Waals surface area contributed by atoms with Gasteiger partial charge >= 0.3 is 0 Å². The SMILES string of the molecule is Cc1ccc(NC(=O)CCN2CCCCC2)c(C)c1. The molecule has 0 bridgehead atoms. The molecule has 2 rings (SSSR count). The number of aryl methyl sites for hydroxylation is 2. The largest absolute Gasteiger partial charge is 0.326 e. The van der Waals surface area contributed by atoms with Gasteiger partial charge in [-0.15, -0.1) is 0 Å². The highest BCUT2D eigenvalue weighted by Crippen LogP contribution is 2.16. The molecule has 1 aromatic rings. The highest BCUT2D eigenvalue weighted by Gasteiger charge is 2.12. The summed E-state index contributed by atoms with van der Waals surface area (Å²) in [6, 6.07) is 6.12. The van der Waals surface area contributed by atoms with E-state index in [1.165, 1.54) is 24.8 Å². The van der Waals surface area contributed by atoms with Crippen molar-refractivity contribution >= 4 is 11.6 Å². The van der Waals surface area contributed by atoms with Gasteiger partial charge in [-0.05, 0) is 51.4 Å². The average Bonchev–Trinajstić information content (AvgIpc) is 2.41. The summed E-state index contributed by atoms with van der Waals surface area (Å²) in [6.07, 6.45) is 4.48. The Kier molecular flexibility index (Phi) is 4.97. The lowest BCUT2D eigenvalue weighted by atomic mass is 10.1. The quantitative estimate of drug-likeness (QED) is 0.902. The summed E-state index contributed by atoms with van der Waals surface area (Å²) < 4.78 is 0. The number of carbonyl (C=O) groups excluding carboxylic acids is 1. The molecule has 3 nitrogen and oxygen atoms in total. The van der Waals surface area contributed by atoms with Crippen molar-refractivity contribution in [1.29, 1.82) is 0 Å². The van der Waals surface area contributed by atoms with Crippen molar-refractivity contribution in [1.82, 2.24) is 4.90 Å². The van der Waals surface area contributed by atoms with Crippen LogP contribution in [-0.4, -0.2) is 30.4 Å². The van der Waals surface area contributed by atoms with Crippen LogP contribution in [0.15, 0.2) is 18.2 Å². The lowest BCUT2D eigenvalue weighted by molar-refractivity contribution is -0.116. The van der Waals surface area contributed by atoms with Crippen LogP contribution in [0.1, 0.15) is 36.8 Å². The zero-order valence-corrected chi connectivity index (χ0v) is 12.0. The molecule has 0 radical (unpaired) electrons. The van der Waals surface area contributed by atoms with Crippen LogP contribution in [0.25, 0.3) is 0 Å². The van der Waals surface area contributed by atoms with Gasteiger partial charge in [-0.25, -0.2) is 0 Å². The molecule has 1 N–H and O–H groups in total. The molecule has 1 fully saturated rings. The van der Waals surface area contributed by atoms with Crippen LogP contribution in [0.4, 0.5) is 5.69 Å². The second-order valence-electron chi connectivity index (χ2n) is 5.52. The highest BCUT2D eigenvalue weighted by atomic mass is 16.1. The number of nitrogens with zero attached hydrogens (tertiary/aromatic N) is 1. The topological polar surface area (TPSA) is 32.3 Å². The summed E-state index contributed by atoms with van der Waals surface area (Å²) in [5.41, 5.74) is 3.30. The van der Waals surface area contributed by atoms with E-state index in [-0.39, 0.29) is 5.91 Å². The molecule has 0 aliphatic carbocycles. The number of hydrogen-bond donors (Lipinski definition) is 1. The van der Waals surface area contributed by atoms with Crippen LogP contribution in [-0.2, 0) is 4.79 Å². The molecule has 1 heterocycles. The van der Waals surface area contributed by atoms with Crippen LogP contribution in [0.2, 0.25) is 0 Å². The summed E-state index contributed by atoms with van der Waals surface area (Å²) >= 11 is 0. The first-order valence-corrected chi connectivity index (χ1v) is 7.24. The van der Waals surface area contributed by atoms with E-state index in [1.54, 1.807) is 0 Å². The van der Waals surface area contributed by atoms with Crippen molar-refractivity contribution in [2.45, 2.75) is 39.5 Å². The van der Waals surface area contributed by atoms with Gasteiger partial charge in [0.15, 0.2) is 0 Å². The molecule has 1 aliphatic rings. The number of rotatable bonds is 4. The molecule has 0 atom stereocenters. The van der Waals surface area contributed by atoms with Crippen molar-refractivity contribution in [3.8, 4) is 0 Å². The van der Waals surface area contributed by atoms with E-state index in [0.717, 1.165) is 30.9 Å². The molecule has 0 aromatic heterocycles. The van der Waals surface area contributed by atoms with Crippen LogP contribution in [0.5, 0.6) is 0 Å². The van der Waals surface area contributed by atoms with Crippen molar-refractivity contribution in [3.05, 3.63) is 29.3 Å². The maximum atomic E-state index is 12.0. The maximum Gasteiger partial charge on any atom is 0.225 e. The molecule has 19 heavy (non-hydrogen) atoms. The summed E-state index contributed by atoms with van der Waals surface area (Å²) in [6.45, 7) is 7.28. The van der Waals surface area contributed by atoms with Gasteiger partial charge in [0.2, 0.25) is 5.91 Å². The van der Waals surface area contributed by atoms with E-state index < -0.39 is 0 Å². The molecule has 1 saturated heterocycles. The van der Waals surface area contributed by atoms with Crippen LogP contribution in [0, 0.1) is 13.8 Å². The number of anilines is 1. The Hall–Kier alpha value is -1.35. The van der Waals surface area contributed by atoms with E-state index in [9.17, 15) is 4.79 Å². The van der Waals surface area contributed by atoms with Gasteiger partial charge in [-0.3, -0.25) is 4.79 Å². The van der Waals surface area contributed by atoms with Gasteiger partial charge in [0.05, 0.1) is 0 Å². The lowest BCUT2D eigenvalue weighted by Crippen LogP contribution is -2.32. The van der Waals surface area contributed by atoms with Crippen molar-refractivity contribution in [2.75, 3.05) is 25.0 Å². The summed E-state index contributed by atoms with van der Waals surface area (Å²) in [7, 11) is 0. The van der Waals surface area contributed by atoms with E-state index in [4.69, 9.17) is 0 Å². The fourth-order valence-electron chi connectivity index (χ4n) is 2.61. The Morgan fingerprint density at radius 1 is 1.21 bits per heavy atom. The van der Waals surface area contributed by atoms with Crippen molar-refractivity contribution < 1.29 is 4.79 Å². The summed E-state index contributed by atoms with van der Waals surface area (Å²) in [4.78, 5) is 14.3. The predicted molar refractivity (Wildman–Crippen MR) is 79.5 cm³/mol. The van der Waals surface area contributed by atoms with Crippen LogP contribution < -0.4 is 5.32 Å². The second-order valence-corrected chi connectivity index (χ2v) is 5.52. The smallest absolute Gasteiger partial charge is 0.225 e. The van der Waals surface area contributed by atoms with Crippen LogP contribution >= 0.6 is 0 Å². The summed E-state index contributed by atoms with van der Waals surface area (Å²) in [5.74, 6) is 0.123. The minimum Gasteiger partial charge on any atom is -0.326 e. The van der Waals surface area contributed by atoms with E-state index in [0.29, 0.717) is 6.42 Å². The molecule has 0 spiro atoms. The molecule has 1 amide bonds. The molecule has 0 saturated carbocycles. The number of piperidine rings is 1. The molecule has 1 aromatic carbocycles. The molecular formula is C16H24N2O. The van der Waals surface area contributed by atoms with E-state index >= 15 is 0 Å². The van der Waals surface area contributed by atoms with Crippen LogP contribution in [0.3, 0.4) is 0 Å². The van der Waals surface area contributed by atoms with Gasteiger partial charge in [0.25, 0.3) is 0 Å². The Bertz CT molecular complexity index is 436. The maximum absolute atomic E-state index is 12.0. The minimum atomic E-state index is 0.123. The number of hydrogen-bond acceptors (Lipinski definition) is 2. The number of amides is 1. The van der Waals surface area contributed by atoms with Crippen molar-refractivity contribution in [3.63, 3.8) is 0 Å². The van der Waals surface area contributed by atoms with Gasteiger partial charge in [-0.2, -0.15) is 0 Å². The predicted octanol–water partition coefficient (Wildman–Crippen LogP) is 3.12. The third-order valence-corrected chi connectivity index (χ3v) is 3.76. The third-order valence-electron chi connectivity index (χ3n) is 3.76. The zero-order valence-electron chi connectivity index (χ0n) is 12.0. The highest BCUT2D eigenvalue weighted by molar-refractivity contribution is 5.91. The van der Waals surface area contributed by atoms with Gasteiger partial charge in [0, 0.05) is 18.7 Å². The van der Waals surface area contributed by atoms with Gasteiger partial charge in [-0.1, -0.05) is 24.1 Å². The molecular weight excluding hydrogens is 236 g/mol. The van der Waals surface area contributed by atoms with E-state index in [2.05, 4.69) is 23.2 Å². The summed E-state index contributed by atoms with van der Waals surface area (Å²) in [5, 5.41) is 3.01. The van der Waals surface area contributed by atoms with Gasteiger partial charge < -0.3 is 10.2 Å². The van der Waals surface area contributed by atoms with Gasteiger partial charge in [0.1, 0.15) is 0 Å². The standard InChI is InChI=1S/C16H24N2O/c1-13-6-7-15(14(2)12-13)17-16(19)8-11-18-9-4-3-5-10-18/h6-7,12H,3-5,8-11H2,1-2H3,(H,17,19). The number of nitrogens with one attached hydrogen (secondary N) is 1. The Labute approximate surface area is 116 Å². The monoisotopic (exact) mass is 260 g/mol. The van der Waals surface area contributed by atoms with E-state index in [1.807, 2.05) is 19.1 Å². The lowest BCUT2D eigenvalue weighted by Gasteiger charge is -2.26. The second kappa shape index (κ2) is 6.71. The Balaban J connectivity index is 1.80. The minimum absolute atomic E-state index is 0.123. The fourth-order valence-corrected chi connectivity index (χ4v) is 2.61. The first kappa shape index (κ1) is 14.1. The molecule has 0 unspecified atom stereocenters.